The van der Waals surface area contributed by atoms with E-state index < -0.39 is 0 Å². The topological polar surface area (TPSA) is 56.7 Å². The summed E-state index contributed by atoms with van der Waals surface area (Å²) in [5.41, 5.74) is 13.2. The SMILES string of the molecule is Cc1c(-c2cnc(N)nc2)c(-c2ccccc2)c2n1CCC2. The lowest BCUT2D eigenvalue weighted by Crippen LogP contribution is -1.96. The summed E-state index contributed by atoms with van der Waals surface area (Å²) in [6, 6.07) is 10.6. The van der Waals surface area contributed by atoms with Gasteiger partial charge in [0.15, 0.2) is 0 Å². The van der Waals surface area contributed by atoms with E-state index in [2.05, 4.69) is 51.8 Å². The fraction of sp³-hybridized carbons (Fsp3) is 0.222. The lowest BCUT2D eigenvalue weighted by molar-refractivity contribution is 0.730. The molecule has 0 saturated carbocycles. The molecule has 1 aliphatic rings. The minimum absolute atomic E-state index is 0.314. The van der Waals surface area contributed by atoms with Crippen molar-refractivity contribution in [3.63, 3.8) is 0 Å². The van der Waals surface area contributed by atoms with Crippen molar-refractivity contribution in [2.24, 2.45) is 0 Å². The van der Waals surface area contributed by atoms with Gasteiger partial charge in [0.05, 0.1) is 0 Å². The molecular weight excluding hydrogens is 272 g/mol. The highest BCUT2D eigenvalue weighted by atomic mass is 15.0. The minimum atomic E-state index is 0.314. The molecule has 3 aromatic rings. The Morgan fingerprint density at radius 1 is 1.00 bits per heavy atom. The van der Waals surface area contributed by atoms with E-state index in [0.717, 1.165) is 18.5 Å². The standard InChI is InChI=1S/C18H18N4/c1-12-16(14-10-20-18(19)21-11-14)17(13-6-3-2-4-7-13)15-8-5-9-22(12)15/h2-4,6-7,10-11H,5,8-9H2,1H3,(H2,19,20,21). The maximum Gasteiger partial charge on any atom is 0.219 e. The molecule has 0 radical (unpaired) electrons. The number of nitrogens with zero attached hydrogens (tertiary/aromatic N) is 3. The molecule has 4 heteroatoms. The number of nitrogen functional groups attached to an aromatic ring is 1. The van der Waals surface area contributed by atoms with Gasteiger partial charge < -0.3 is 10.3 Å². The lowest BCUT2D eigenvalue weighted by atomic mass is 9.95. The van der Waals surface area contributed by atoms with Crippen LogP contribution in [0.2, 0.25) is 0 Å². The second-order valence-corrected chi connectivity index (χ2v) is 5.73. The van der Waals surface area contributed by atoms with Crippen LogP contribution in [-0.2, 0) is 13.0 Å². The molecule has 0 saturated heterocycles. The predicted molar refractivity (Wildman–Crippen MR) is 88.4 cm³/mol. The molecule has 0 spiro atoms. The number of anilines is 1. The highest BCUT2D eigenvalue weighted by Crippen LogP contribution is 2.41. The van der Waals surface area contributed by atoms with Gasteiger partial charge >= 0.3 is 0 Å². The van der Waals surface area contributed by atoms with Crippen molar-refractivity contribution >= 4 is 5.95 Å². The number of aromatic nitrogens is 3. The van der Waals surface area contributed by atoms with Crippen molar-refractivity contribution in [2.75, 3.05) is 5.73 Å². The van der Waals surface area contributed by atoms with Crippen LogP contribution in [0.15, 0.2) is 42.7 Å². The summed E-state index contributed by atoms with van der Waals surface area (Å²) in [6.07, 6.45) is 6.00. The molecule has 0 amide bonds. The zero-order valence-electron chi connectivity index (χ0n) is 12.6. The minimum Gasteiger partial charge on any atom is -0.368 e. The van der Waals surface area contributed by atoms with Crippen LogP contribution in [0, 0.1) is 6.92 Å². The average molecular weight is 290 g/mol. The molecular formula is C18H18N4. The first-order chi connectivity index (χ1) is 10.8. The molecule has 0 fully saturated rings. The first-order valence-corrected chi connectivity index (χ1v) is 7.61. The molecule has 110 valence electrons. The Labute approximate surface area is 129 Å². The third-order valence-electron chi connectivity index (χ3n) is 4.45. The normalized spacial score (nSPS) is 13.3. The summed E-state index contributed by atoms with van der Waals surface area (Å²) in [5, 5.41) is 0. The Kier molecular flexibility index (Phi) is 2.96. The fourth-order valence-electron chi connectivity index (χ4n) is 3.50. The van der Waals surface area contributed by atoms with Crippen molar-refractivity contribution in [2.45, 2.75) is 26.3 Å². The monoisotopic (exact) mass is 290 g/mol. The third-order valence-corrected chi connectivity index (χ3v) is 4.45. The summed E-state index contributed by atoms with van der Waals surface area (Å²) < 4.78 is 2.44. The van der Waals surface area contributed by atoms with Crippen molar-refractivity contribution in [1.82, 2.24) is 14.5 Å². The van der Waals surface area contributed by atoms with E-state index in [-0.39, 0.29) is 0 Å². The van der Waals surface area contributed by atoms with Crippen LogP contribution in [0.3, 0.4) is 0 Å². The van der Waals surface area contributed by atoms with Crippen LogP contribution in [0.25, 0.3) is 22.3 Å². The Bertz CT molecular complexity index is 817. The van der Waals surface area contributed by atoms with Crippen molar-refractivity contribution in [1.29, 1.82) is 0 Å². The first kappa shape index (κ1) is 13.1. The zero-order valence-corrected chi connectivity index (χ0v) is 12.6. The van der Waals surface area contributed by atoms with E-state index in [9.17, 15) is 0 Å². The number of benzene rings is 1. The second-order valence-electron chi connectivity index (χ2n) is 5.73. The molecule has 0 atom stereocenters. The first-order valence-electron chi connectivity index (χ1n) is 7.61. The largest absolute Gasteiger partial charge is 0.368 e. The maximum absolute atomic E-state index is 5.64. The van der Waals surface area contributed by atoms with E-state index >= 15 is 0 Å². The van der Waals surface area contributed by atoms with Crippen LogP contribution in [0.4, 0.5) is 5.95 Å². The second kappa shape index (κ2) is 4.98. The molecule has 3 heterocycles. The van der Waals surface area contributed by atoms with Crippen LogP contribution < -0.4 is 5.73 Å². The van der Waals surface area contributed by atoms with Gasteiger partial charge in [0, 0.05) is 47.0 Å². The Hall–Kier alpha value is -2.62. The Morgan fingerprint density at radius 3 is 2.45 bits per heavy atom. The molecule has 0 bridgehead atoms. The van der Waals surface area contributed by atoms with Gasteiger partial charge in [-0.3, -0.25) is 0 Å². The predicted octanol–water partition coefficient (Wildman–Crippen LogP) is 3.45. The highest BCUT2D eigenvalue weighted by Gasteiger charge is 2.25. The van der Waals surface area contributed by atoms with Gasteiger partial charge in [0.2, 0.25) is 5.95 Å². The Morgan fingerprint density at radius 2 is 1.73 bits per heavy atom. The van der Waals surface area contributed by atoms with Gasteiger partial charge in [-0.05, 0) is 25.3 Å². The summed E-state index contributed by atoms with van der Waals surface area (Å²) >= 11 is 0. The van der Waals surface area contributed by atoms with Gasteiger partial charge in [-0.25, -0.2) is 9.97 Å². The van der Waals surface area contributed by atoms with Crippen LogP contribution in [0.1, 0.15) is 17.8 Å². The van der Waals surface area contributed by atoms with Crippen LogP contribution in [0.5, 0.6) is 0 Å². The number of rotatable bonds is 2. The number of nitrogens with two attached hydrogens (primary N) is 1. The molecule has 0 unspecified atom stereocenters. The van der Waals surface area contributed by atoms with E-state index in [0.29, 0.717) is 5.95 Å². The molecule has 22 heavy (non-hydrogen) atoms. The van der Waals surface area contributed by atoms with Gasteiger partial charge in [-0.1, -0.05) is 30.3 Å². The smallest absolute Gasteiger partial charge is 0.219 e. The van der Waals surface area contributed by atoms with Crippen LogP contribution in [-0.4, -0.2) is 14.5 Å². The van der Waals surface area contributed by atoms with Crippen LogP contribution >= 0.6 is 0 Å². The highest BCUT2D eigenvalue weighted by molar-refractivity contribution is 5.87. The van der Waals surface area contributed by atoms with E-state index in [1.54, 1.807) is 0 Å². The van der Waals surface area contributed by atoms with E-state index in [1.807, 2.05) is 12.4 Å². The molecule has 1 aromatic carbocycles. The molecule has 1 aliphatic heterocycles. The van der Waals surface area contributed by atoms with Gasteiger partial charge in [0.1, 0.15) is 0 Å². The average Bonchev–Trinajstić information content (AvgIpc) is 3.12. The van der Waals surface area contributed by atoms with Crippen molar-refractivity contribution in [3.8, 4) is 22.3 Å². The van der Waals surface area contributed by atoms with E-state index in [1.165, 1.54) is 34.5 Å². The third kappa shape index (κ3) is 1.91. The maximum atomic E-state index is 5.64. The van der Waals surface area contributed by atoms with E-state index in [4.69, 9.17) is 5.73 Å². The summed E-state index contributed by atoms with van der Waals surface area (Å²) in [4.78, 5) is 8.34. The zero-order chi connectivity index (χ0) is 15.1. The molecule has 4 rings (SSSR count). The summed E-state index contributed by atoms with van der Waals surface area (Å²) in [6.45, 7) is 3.28. The lowest BCUT2D eigenvalue weighted by Gasteiger charge is -2.08. The summed E-state index contributed by atoms with van der Waals surface area (Å²) in [7, 11) is 0. The molecule has 2 N–H and O–H groups in total. The van der Waals surface area contributed by atoms with Gasteiger partial charge in [0.25, 0.3) is 0 Å². The quantitative estimate of drug-likeness (QED) is 0.786. The number of hydrogen-bond donors (Lipinski definition) is 1. The molecule has 2 aromatic heterocycles. The van der Waals surface area contributed by atoms with Crippen molar-refractivity contribution in [3.05, 3.63) is 54.1 Å². The van der Waals surface area contributed by atoms with Gasteiger partial charge in [-0.2, -0.15) is 0 Å². The number of fused-ring (bicyclic) bond motifs is 1. The number of hydrogen-bond acceptors (Lipinski definition) is 3. The Balaban J connectivity index is 2.00. The summed E-state index contributed by atoms with van der Waals surface area (Å²) in [5.74, 6) is 0.314. The van der Waals surface area contributed by atoms with Crippen molar-refractivity contribution < 1.29 is 0 Å². The fourth-order valence-corrected chi connectivity index (χ4v) is 3.50. The molecule has 0 aliphatic carbocycles. The van der Waals surface area contributed by atoms with Gasteiger partial charge in [-0.15, -0.1) is 0 Å². The molecule has 4 nitrogen and oxygen atoms in total.